The van der Waals surface area contributed by atoms with Crippen molar-refractivity contribution in [1.29, 1.82) is 0 Å². The Kier molecular flexibility index (Phi) is 72.0. The van der Waals surface area contributed by atoms with Gasteiger partial charge in [0, 0.05) is 49.1 Å². The van der Waals surface area contributed by atoms with E-state index in [0.717, 1.165) is 30.4 Å². The molecule has 0 aliphatic heterocycles. The van der Waals surface area contributed by atoms with Gasteiger partial charge in [0.1, 0.15) is 52.1 Å². The Morgan fingerprint density at radius 1 is 0.466 bits per heavy atom. The fourth-order valence-electron chi connectivity index (χ4n) is 8.57. The van der Waals surface area contributed by atoms with E-state index in [2.05, 4.69) is 77.2 Å². The van der Waals surface area contributed by atoms with Gasteiger partial charge in [-0.05, 0) is 87.2 Å². The van der Waals surface area contributed by atoms with Crippen LogP contribution < -0.4 is 327 Å². The third-order valence-corrected chi connectivity index (χ3v) is 17.9. The summed E-state index contributed by atoms with van der Waals surface area (Å²) in [6, 6.07) is 19.0. The van der Waals surface area contributed by atoms with Crippen molar-refractivity contribution in [1.82, 2.24) is 40.5 Å². The van der Waals surface area contributed by atoms with Gasteiger partial charge in [-0.25, -0.2) is 55.5 Å². The Balaban J connectivity index is -0.000000575. The molecule has 116 heavy (non-hydrogen) atoms. The van der Waals surface area contributed by atoms with Gasteiger partial charge in [-0.2, -0.15) is 24.9 Å². The van der Waals surface area contributed by atoms with Crippen molar-refractivity contribution < 1.29 is 433 Å². The standard InChI is InChI=1S/C52H60N12O20S6.10Na.4O3S/c1-7-63(24-22-45(65)61-51(3,4)31-85(67,68)69)49-56-43(27-33-12-10-9-11-13-33)55-44(57-49)28-34-14-15-35(41(26-34)89(79,80)81)16-17-36-18-19-37(29-42(36)90(82,83)84)53-47-58-48(54-39-30-38(87(73,74)75)20-21-40(39)88(76,77)78)60-50(59-47)64(8-2)25-23-46(66)62-52(5,6)32-86(70,71)72;;;;;;;;;;;4*1-4(2)3/h9-10,13-21,26,29-30H,1-2,7-8,22-25,27-28,31-32H2,3-6H3,(H,61,65)(H,62,66)(H,67,68,69)(H,70,71,72)(H,73,74,75)(H,76,77,78)(H,79,80,81)(H,82,83,84)(H2,53,54,58,59,60);;;;;;;;;;;;;;/q-4;10*+1;;;;/p-6/b17-16+;;;;;;;;;;;;;;. The second kappa shape index (κ2) is 62.0. The fraction of sp³-hybridized carbons (Fsp3) is 0.308. The van der Waals surface area contributed by atoms with Gasteiger partial charge in [0.2, 0.25) is 35.6 Å². The van der Waals surface area contributed by atoms with E-state index >= 15 is 0 Å². The summed E-state index contributed by atoms with van der Waals surface area (Å²) < 4.78 is 320. The first-order valence-corrected chi connectivity index (χ1v) is 40.7. The van der Waals surface area contributed by atoms with Crippen LogP contribution in [0, 0.1) is 26.0 Å². The average Bonchev–Trinajstić information content (AvgIpc) is 0.798. The molecule has 4 aromatic carbocycles. The first kappa shape index (κ1) is 135. The number of rotatable bonds is 30. The molecule has 0 spiro atoms. The predicted molar refractivity (Wildman–Crippen MR) is 353 cm³/mol. The largest absolute Gasteiger partial charge is 1.00 e. The van der Waals surface area contributed by atoms with Gasteiger partial charge in [-0.15, -0.1) is 63.6 Å². The predicted octanol–water partition coefficient (Wildman–Crippen LogP) is -32.9. The minimum absolute atomic E-state index is 0. The normalized spacial score (nSPS) is 10.8. The summed E-state index contributed by atoms with van der Waals surface area (Å²) >= 11 is 0. The van der Waals surface area contributed by atoms with Gasteiger partial charge >= 0.3 is 338 Å². The molecule has 0 aliphatic carbocycles. The third-order valence-electron chi connectivity index (χ3n) is 12.2. The first-order chi connectivity index (χ1) is 48.4. The molecule has 0 atom stereocenters. The van der Waals surface area contributed by atoms with E-state index in [9.17, 15) is 87.4 Å². The maximum atomic E-state index is 13.0. The van der Waals surface area contributed by atoms with Crippen LogP contribution in [-0.2, 0) is 126 Å². The van der Waals surface area contributed by atoms with Crippen LogP contribution in [0.4, 0.5) is 35.2 Å². The molecule has 2 amide bonds. The average molecular weight is 1910 g/mol. The van der Waals surface area contributed by atoms with Crippen LogP contribution >= 0.6 is 0 Å². The summed E-state index contributed by atoms with van der Waals surface area (Å²) in [5, 5.41) is 9.86. The second-order valence-corrected chi connectivity index (χ2v) is 31.5. The maximum absolute atomic E-state index is 13.0. The quantitative estimate of drug-likeness (QED) is 0.0141. The van der Waals surface area contributed by atoms with Crippen molar-refractivity contribution in [2.75, 3.05) is 58.1 Å². The monoisotopic (exact) mass is 1910 g/mol. The molecular formula is C52H54N12Na10O32S10. The second-order valence-electron chi connectivity index (χ2n) is 21.7. The van der Waals surface area contributed by atoms with Crippen LogP contribution in [0.25, 0.3) is 12.2 Å². The summed E-state index contributed by atoms with van der Waals surface area (Å²) in [5.41, 5.74) is -3.93. The minimum atomic E-state index is -5.47. The van der Waals surface area contributed by atoms with E-state index in [1.807, 2.05) is 0 Å². The number of carbonyl (C=O) groups is 2. The molecule has 584 valence electrons. The van der Waals surface area contributed by atoms with Crippen LogP contribution in [-0.4, -0.2) is 219 Å². The molecule has 2 aromatic heterocycles. The van der Waals surface area contributed by atoms with Crippen LogP contribution in [0.5, 0.6) is 0 Å². The smallest absolute Gasteiger partial charge is 0.748 e. The molecular weight excluding hydrogens is 1860 g/mol. The van der Waals surface area contributed by atoms with Crippen LogP contribution in [0.1, 0.15) is 74.4 Å². The zero-order valence-electron chi connectivity index (χ0n) is 64.3. The van der Waals surface area contributed by atoms with Crippen molar-refractivity contribution in [3.8, 4) is 0 Å². The van der Waals surface area contributed by atoms with Gasteiger partial charge in [0.25, 0.3) is 0 Å². The molecule has 64 heteroatoms. The molecule has 4 N–H and O–H groups in total. The fourth-order valence-corrected chi connectivity index (χ4v) is 13.0. The number of hydrogen-bond donors (Lipinski definition) is 4. The van der Waals surface area contributed by atoms with Gasteiger partial charge in [0.15, 0.2) is 0 Å². The summed E-state index contributed by atoms with van der Waals surface area (Å²) in [4.78, 5) is 50.9. The zero-order chi connectivity index (χ0) is 81.3. The number of nitrogens with zero attached hydrogens (tertiary/aromatic N) is 8. The summed E-state index contributed by atoms with van der Waals surface area (Å²) in [6.07, 6.45) is 1.20. The number of amides is 2. The molecule has 0 saturated heterocycles. The Bertz CT molecular complexity index is 5370. The molecule has 0 unspecified atom stereocenters. The van der Waals surface area contributed by atoms with E-state index in [-0.39, 0.29) is 381 Å². The molecule has 0 saturated carbocycles. The van der Waals surface area contributed by atoms with E-state index in [4.69, 9.17) is 50.5 Å². The Morgan fingerprint density at radius 2 is 0.845 bits per heavy atom. The summed E-state index contributed by atoms with van der Waals surface area (Å²) in [6.45, 7) is 12.3. The number of benzene rings is 4. The van der Waals surface area contributed by atoms with E-state index < -0.39 is 187 Å². The van der Waals surface area contributed by atoms with Gasteiger partial charge < -0.3 is 84.4 Å². The number of carbonyl (C=O) groups excluding carboxylic acids is 2. The van der Waals surface area contributed by atoms with Crippen molar-refractivity contribution in [3.63, 3.8) is 0 Å². The number of hydrogen-bond acceptors (Lipinski definition) is 42. The van der Waals surface area contributed by atoms with Crippen LogP contribution in [0.15, 0.2) is 92.4 Å². The molecule has 6 aromatic rings. The molecule has 44 nitrogen and oxygen atoms in total. The third kappa shape index (κ3) is 57.4. The SMILES string of the molecule is O=S(=O)=O.O=S(=O)=O.O=S(=O)=O.O=S(=O)=O.[CH2-]CN(CCC(=O)NC(C)(C)CS(=O)(=O)[O-])c1nc(Cc2[c-]cc[c-]c2)nc(Cc2ccc(/C=C/c3ccc(Nc4nc(Nc5cc(S(=O)(=O)[O-])ccc5S(=O)(=O)[O-])nc(N(C[CH2-])CCC(=O)NC(C)(C)CS(=O)(=O)[O-])n4)cc3S(=O)(=O)[O-])c(S(=O)(=O)[O-])c2)n1.[Na+].[Na+].[Na+].[Na+].[Na+].[Na+].[Na+].[Na+].[Na+].[Na+]. The summed E-state index contributed by atoms with van der Waals surface area (Å²) in [7, 11) is -43.5. The zero-order valence-corrected chi connectivity index (χ0v) is 92.5. The van der Waals surface area contributed by atoms with E-state index in [0.29, 0.717) is 23.8 Å². The van der Waals surface area contributed by atoms with Crippen molar-refractivity contribution >= 4 is 162 Å². The van der Waals surface area contributed by atoms with Crippen LogP contribution in [0.3, 0.4) is 0 Å². The number of aromatic nitrogens is 6. The van der Waals surface area contributed by atoms with Crippen molar-refractivity contribution in [2.45, 2.75) is 84.0 Å². The Morgan fingerprint density at radius 3 is 1.22 bits per heavy atom. The van der Waals surface area contributed by atoms with Gasteiger partial charge in [-0.3, -0.25) is 33.4 Å². The topological polar surface area (TPSA) is 714 Å². The van der Waals surface area contributed by atoms with Crippen molar-refractivity contribution in [2.24, 2.45) is 0 Å². The first-order valence-electron chi connectivity index (χ1n) is 27.9. The van der Waals surface area contributed by atoms with Gasteiger partial charge in [0.05, 0.1) is 57.0 Å². The molecule has 0 bridgehead atoms. The van der Waals surface area contributed by atoms with E-state index in [1.165, 1.54) is 55.7 Å². The molecule has 0 aliphatic rings. The number of nitrogens with one attached hydrogen (secondary N) is 4. The summed E-state index contributed by atoms with van der Waals surface area (Å²) in [5.74, 6) is -4.69. The van der Waals surface area contributed by atoms with Crippen LogP contribution in [0.2, 0.25) is 0 Å². The molecule has 0 radical (unpaired) electrons. The molecule has 0 fully saturated rings. The van der Waals surface area contributed by atoms with E-state index in [1.54, 1.807) is 18.2 Å². The van der Waals surface area contributed by atoms with Gasteiger partial charge in [-0.1, -0.05) is 30.4 Å². The molecule has 6 rings (SSSR count). The maximum Gasteiger partial charge on any atom is 1.00 e. The number of anilines is 6. The molecule has 2 heterocycles. The Labute approximate surface area is 895 Å². The van der Waals surface area contributed by atoms with Crippen molar-refractivity contribution in [3.05, 3.63) is 133 Å². The minimum Gasteiger partial charge on any atom is -0.748 e. The Hall–Kier alpha value is 0.720.